The lowest BCUT2D eigenvalue weighted by atomic mass is 9.86. The SMILES string of the molecule is CCOC(=O)NC(=NC(CC(C)(C)C)C(=O)NC1(C#N)CCCN(CC(C)C)C1)N1CCOCC1. The summed E-state index contributed by atoms with van der Waals surface area (Å²) in [6.45, 7) is 16.8. The lowest BCUT2D eigenvalue weighted by Crippen LogP contribution is -2.60. The summed E-state index contributed by atoms with van der Waals surface area (Å²) in [5, 5.41) is 15.9. The number of rotatable bonds is 7. The van der Waals surface area contributed by atoms with Gasteiger partial charge in [-0.25, -0.2) is 9.79 Å². The van der Waals surface area contributed by atoms with E-state index in [0.29, 0.717) is 57.6 Å². The first-order chi connectivity index (χ1) is 16.5. The number of nitrogens with zero attached hydrogens (tertiary/aromatic N) is 4. The minimum atomic E-state index is -0.955. The molecule has 0 aromatic rings. The van der Waals surface area contributed by atoms with E-state index in [2.05, 4.69) is 35.5 Å². The third-order valence-corrected chi connectivity index (χ3v) is 5.96. The molecule has 2 unspecified atom stereocenters. The van der Waals surface area contributed by atoms with Crippen molar-refractivity contribution in [3.8, 4) is 6.07 Å². The Balaban J connectivity index is 2.31. The molecule has 2 heterocycles. The van der Waals surface area contributed by atoms with Gasteiger partial charge in [0.1, 0.15) is 11.6 Å². The van der Waals surface area contributed by atoms with E-state index in [0.717, 1.165) is 19.5 Å². The molecular formula is C25H44N6O4. The Morgan fingerprint density at radius 1 is 1.23 bits per heavy atom. The standard InChI is InChI=1S/C25H44N6O4/c1-7-35-23(33)28-22(31-11-13-34-14-12-31)27-20(15-24(4,5)6)21(32)29-25(17-26)9-8-10-30(18-25)16-19(2)3/h19-20H,7-16,18H2,1-6H3,(H,29,32)(H,27,28,33). The average Bonchev–Trinajstić information content (AvgIpc) is 2.77. The van der Waals surface area contributed by atoms with Crippen LogP contribution in [0.5, 0.6) is 0 Å². The van der Waals surface area contributed by atoms with Crippen molar-refractivity contribution in [2.75, 3.05) is 52.5 Å². The predicted molar refractivity (Wildman–Crippen MR) is 135 cm³/mol. The first kappa shape index (κ1) is 28.9. The summed E-state index contributed by atoms with van der Waals surface area (Å²) in [6.07, 6.45) is 1.29. The number of hydrogen-bond acceptors (Lipinski definition) is 7. The van der Waals surface area contributed by atoms with Crippen molar-refractivity contribution >= 4 is 18.0 Å². The van der Waals surface area contributed by atoms with Crippen LogP contribution in [0.3, 0.4) is 0 Å². The second-order valence-corrected chi connectivity index (χ2v) is 11.1. The highest BCUT2D eigenvalue weighted by molar-refractivity contribution is 5.96. The van der Waals surface area contributed by atoms with Crippen molar-refractivity contribution < 1.29 is 19.1 Å². The summed E-state index contributed by atoms with van der Waals surface area (Å²) in [5.41, 5.74) is -1.16. The molecule has 0 radical (unpaired) electrons. The molecule has 2 rings (SSSR count). The van der Waals surface area contributed by atoms with Gasteiger partial charge in [-0.2, -0.15) is 5.26 Å². The number of morpholine rings is 1. The number of nitriles is 1. The van der Waals surface area contributed by atoms with Crippen LogP contribution in [0.15, 0.2) is 4.99 Å². The first-order valence-electron chi connectivity index (χ1n) is 12.8. The van der Waals surface area contributed by atoms with Crippen LogP contribution in [0.1, 0.15) is 60.8 Å². The topological polar surface area (TPSA) is 119 Å². The minimum absolute atomic E-state index is 0.207. The van der Waals surface area contributed by atoms with Crippen molar-refractivity contribution in [2.24, 2.45) is 16.3 Å². The number of aliphatic imine (C=N–C) groups is 1. The fourth-order valence-electron chi connectivity index (χ4n) is 4.51. The Morgan fingerprint density at radius 2 is 1.91 bits per heavy atom. The largest absolute Gasteiger partial charge is 0.450 e. The molecule has 2 fully saturated rings. The van der Waals surface area contributed by atoms with Crippen LogP contribution in [-0.2, 0) is 14.3 Å². The highest BCUT2D eigenvalue weighted by atomic mass is 16.5. The molecule has 0 spiro atoms. The Morgan fingerprint density at radius 3 is 2.49 bits per heavy atom. The van der Waals surface area contributed by atoms with E-state index < -0.39 is 17.7 Å². The summed E-state index contributed by atoms with van der Waals surface area (Å²) in [7, 11) is 0. The molecule has 198 valence electrons. The van der Waals surface area contributed by atoms with Crippen LogP contribution in [-0.4, -0.2) is 91.9 Å². The zero-order chi connectivity index (χ0) is 26.1. The Labute approximate surface area is 210 Å². The molecule has 0 saturated carbocycles. The van der Waals surface area contributed by atoms with E-state index in [1.165, 1.54) is 0 Å². The third-order valence-electron chi connectivity index (χ3n) is 5.96. The first-order valence-corrected chi connectivity index (χ1v) is 12.8. The third kappa shape index (κ3) is 9.65. The molecule has 0 aromatic heterocycles. The van der Waals surface area contributed by atoms with Gasteiger partial charge in [0.2, 0.25) is 11.9 Å². The molecule has 0 aliphatic carbocycles. The van der Waals surface area contributed by atoms with Crippen LogP contribution in [0.4, 0.5) is 4.79 Å². The zero-order valence-corrected chi connectivity index (χ0v) is 22.4. The van der Waals surface area contributed by atoms with Crippen LogP contribution >= 0.6 is 0 Å². The van der Waals surface area contributed by atoms with Gasteiger partial charge in [0, 0.05) is 26.2 Å². The molecule has 10 nitrogen and oxygen atoms in total. The lowest BCUT2D eigenvalue weighted by Gasteiger charge is -2.40. The normalized spacial score (nSPS) is 22.9. The molecule has 35 heavy (non-hydrogen) atoms. The molecule has 0 aromatic carbocycles. The number of amides is 2. The fraction of sp³-hybridized carbons (Fsp3) is 0.840. The van der Waals surface area contributed by atoms with Crippen LogP contribution in [0.2, 0.25) is 0 Å². The van der Waals surface area contributed by atoms with Gasteiger partial charge in [-0.05, 0) is 44.1 Å². The predicted octanol–water partition coefficient (Wildman–Crippen LogP) is 2.36. The van der Waals surface area contributed by atoms with E-state index in [9.17, 15) is 14.9 Å². The van der Waals surface area contributed by atoms with E-state index in [1.807, 2.05) is 25.7 Å². The van der Waals surface area contributed by atoms with Gasteiger partial charge in [0.25, 0.3) is 0 Å². The van der Waals surface area contributed by atoms with E-state index >= 15 is 0 Å². The molecule has 10 heteroatoms. The maximum atomic E-state index is 13.6. The van der Waals surface area contributed by atoms with Gasteiger partial charge in [0.05, 0.1) is 25.9 Å². The molecule has 2 aliphatic heterocycles. The van der Waals surface area contributed by atoms with Crippen LogP contribution < -0.4 is 10.6 Å². The second kappa shape index (κ2) is 13.1. The van der Waals surface area contributed by atoms with Crippen molar-refractivity contribution in [1.82, 2.24) is 20.4 Å². The van der Waals surface area contributed by atoms with Gasteiger partial charge in [-0.1, -0.05) is 34.6 Å². The van der Waals surface area contributed by atoms with Crippen LogP contribution in [0.25, 0.3) is 0 Å². The highest BCUT2D eigenvalue weighted by Crippen LogP contribution is 2.26. The summed E-state index contributed by atoms with van der Waals surface area (Å²) < 4.78 is 10.5. The van der Waals surface area contributed by atoms with Gasteiger partial charge >= 0.3 is 6.09 Å². The molecular weight excluding hydrogens is 448 g/mol. The maximum Gasteiger partial charge on any atom is 0.413 e. The summed E-state index contributed by atoms with van der Waals surface area (Å²) >= 11 is 0. The number of guanidine groups is 1. The van der Waals surface area contributed by atoms with E-state index in [-0.39, 0.29) is 17.9 Å². The second-order valence-electron chi connectivity index (χ2n) is 11.1. The van der Waals surface area contributed by atoms with Gasteiger partial charge in [0.15, 0.2) is 0 Å². The smallest absolute Gasteiger partial charge is 0.413 e. The number of piperidine rings is 1. The van der Waals surface area contributed by atoms with Gasteiger partial charge in [-0.15, -0.1) is 0 Å². The number of ether oxygens (including phenoxy) is 2. The molecule has 2 aliphatic rings. The number of hydrogen-bond donors (Lipinski definition) is 2. The van der Waals surface area contributed by atoms with Gasteiger partial charge < -0.3 is 19.7 Å². The van der Waals surface area contributed by atoms with Crippen LogP contribution in [0, 0.1) is 22.7 Å². The highest BCUT2D eigenvalue weighted by Gasteiger charge is 2.39. The van der Waals surface area contributed by atoms with E-state index in [4.69, 9.17) is 14.5 Å². The number of alkyl carbamates (subject to hydrolysis) is 1. The minimum Gasteiger partial charge on any atom is -0.450 e. The molecule has 2 atom stereocenters. The van der Waals surface area contributed by atoms with Gasteiger partial charge in [-0.3, -0.25) is 15.0 Å². The van der Waals surface area contributed by atoms with Crippen molar-refractivity contribution in [3.05, 3.63) is 0 Å². The van der Waals surface area contributed by atoms with E-state index in [1.54, 1.807) is 6.92 Å². The molecule has 2 N–H and O–H groups in total. The summed E-state index contributed by atoms with van der Waals surface area (Å²) in [5.74, 6) is 0.472. The summed E-state index contributed by atoms with van der Waals surface area (Å²) in [6, 6.07) is 1.62. The number of carbonyl (C=O) groups excluding carboxylic acids is 2. The Hall–Kier alpha value is -2.38. The lowest BCUT2D eigenvalue weighted by molar-refractivity contribution is -0.124. The summed E-state index contributed by atoms with van der Waals surface area (Å²) in [4.78, 5) is 34.8. The average molecular weight is 493 g/mol. The fourth-order valence-corrected chi connectivity index (χ4v) is 4.51. The van der Waals surface area contributed by atoms with Crippen molar-refractivity contribution in [2.45, 2.75) is 72.4 Å². The number of nitrogens with one attached hydrogen (secondary N) is 2. The molecule has 0 bridgehead atoms. The van der Waals surface area contributed by atoms with Crippen molar-refractivity contribution in [3.63, 3.8) is 0 Å². The van der Waals surface area contributed by atoms with Crippen molar-refractivity contribution in [1.29, 1.82) is 5.26 Å². The Kier molecular flexibility index (Phi) is 10.8. The quantitative estimate of drug-likeness (QED) is 0.414. The molecule has 2 amide bonds. The monoisotopic (exact) mass is 492 g/mol. The molecule has 2 saturated heterocycles. The number of likely N-dealkylation sites (tertiary alicyclic amines) is 1. The Bertz CT molecular complexity index is 782. The maximum absolute atomic E-state index is 13.6. The number of carbonyl (C=O) groups is 2. The zero-order valence-electron chi connectivity index (χ0n) is 22.4.